The molecule has 0 amide bonds. The smallest absolute Gasteiger partial charge is 0.0720 e. The van der Waals surface area contributed by atoms with Crippen LogP contribution < -0.4 is 0 Å². The van der Waals surface area contributed by atoms with Gasteiger partial charge in [0.25, 0.3) is 0 Å². The van der Waals surface area contributed by atoms with Crippen molar-refractivity contribution in [3.8, 4) is 0 Å². The number of benzene rings is 1. The molecule has 126 valence electrons. The summed E-state index contributed by atoms with van der Waals surface area (Å²) in [6.45, 7) is 2.35. The number of hydrogen-bond acceptors (Lipinski definition) is 4. The van der Waals surface area contributed by atoms with Crippen LogP contribution in [0, 0.1) is 0 Å². The molecule has 0 spiro atoms. The maximum absolute atomic E-state index is 11.2. The van der Waals surface area contributed by atoms with Crippen molar-refractivity contribution in [3.05, 3.63) is 66.0 Å². The third-order valence-electron chi connectivity index (χ3n) is 5.25. The van der Waals surface area contributed by atoms with Crippen molar-refractivity contribution in [1.82, 2.24) is 9.88 Å². The number of nitrogens with zero attached hydrogens (tertiary/aromatic N) is 2. The molecule has 24 heavy (non-hydrogen) atoms. The van der Waals surface area contributed by atoms with Gasteiger partial charge in [0.05, 0.1) is 18.8 Å². The van der Waals surface area contributed by atoms with E-state index >= 15 is 0 Å². The average Bonchev–Trinajstić information content (AvgIpc) is 2.58. The molecular weight excluding hydrogens is 300 g/mol. The highest BCUT2D eigenvalue weighted by Crippen LogP contribution is 2.37. The minimum Gasteiger partial charge on any atom is -0.389 e. The first-order chi connectivity index (χ1) is 11.7. The number of piperidine rings is 1. The van der Waals surface area contributed by atoms with E-state index in [1.165, 1.54) is 5.56 Å². The lowest BCUT2D eigenvalue weighted by Gasteiger charge is -2.51. The van der Waals surface area contributed by atoms with Gasteiger partial charge in [-0.2, -0.15) is 0 Å². The number of pyridine rings is 1. The highest BCUT2D eigenvalue weighted by Gasteiger charge is 2.45. The largest absolute Gasteiger partial charge is 0.389 e. The van der Waals surface area contributed by atoms with Gasteiger partial charge in [-0.1, -0.05) is 36.4 Å². The van der Waals surface area contributed by atoms with Crippen LogP contribution in [-0.2, 0) is 17.7 Å². The Kier molecular flexibility index (Phi) is 4.35. The SMILES string of the molecule is OC1(Cc2cccnc2)CC2COCC(C1)N2Cc1ccccc1. The Morgan fingerprint density at radius 3 is 2.42 bits per heavy atom. The van der Waals surface area contributed by atoms with Gasteiger partial charge < -0.3 is 9.84 Å². The molecule has 4 rings (SSSR count). The summed E-state index contributed by atoms with van der Waals surface area (Å²) in [5.74, 6) is 0. The molecule has 2 aromatic rings. The molecule has 2 aliphatic rings. The molecule has 2 fully saturated rings. The second-order valence-electron chi connectivity index (χ2n) is 7.17. The van der Waals surface area contributed by atoms with Gasteiger partial charge in [0, 0.05) is 37.4 Å². The van der Waals surface area contributed by atoms with Crippen LogP contribution in [0.15, 0.2) is 54.9 Å². The minimum absolute atomic E-state index is 0.277. The molecule has 1 aromatic carbocycles. The topological polar surface area (TPSA) is 45.6 Å². The van der Waals surface area contributed by atoms with E-state index in [2.05, 4.69) is 40.2 Å². The van der Waals surface area contributed by atoms with E-state index in [1.54, 1.807) is 6.20 Å². The predicted molar refractivity (Wildman–Crippen MR) is 92.5 cm³/mol. The van der Waals surface area contributed by atoms with Gasteiger partial charge >= 0.3 is 0 Å². The number of morpholine rings is 1. The van der Waals surface area contributed by atoms with Crippen LogP contribution >= 0.6 is 0 Å². The fourth-order valence-electron chi connectivity index (χ4n) is 4.22. The molecule has 2 aliphatic heterocycles. The summed E-state index contributed by atoms with van der Waals surface area (Å²) in [5.41, 5.74) is 1.78. The summed E-state index contributed by atoms with van der Waals surface area (Å²) in [5, 5.41) is 11.2. The van der Waals surface area contributed by atoms with Crippen LogP contribution in [0.2, 0.25) is 0 Å². The van der Waals surface area contributed by atoms with Crippen molar-refractivity contribution in [1.29, 1.82) is 0 Å². The first-order valence-electron chi connectivity index (χ1n) is 8.71. The van der Waals surface area contributed by atoms with Crippen molar-refractivity contribution < 1.29 is 9.84 Å². The number of fused-ring (bicyclic) bond motifs is 2. The monoisotopic (exact) mass is 324 g/mol. The number of aliphatic hydroxyl groups is 1. The molecule has 2 unspecified atom stereocenters. The minimum atomic E-state index is -0.657. The van der Waals surface area contributed by atoms with E-state index in [1.807, 2.05) is 18.3 Å². The summed E-state index contributed by atoms with van der Waals surface area (Å²) in [6, 6.07) is 15.1. The number of ether oxygens (including phenoxy) is 1. The van der Waals surface area contributed by atoms with Gasteiger partial charge in [0.2, 0.25) is 0 Å². The lowest BCUT2D eigenvalue weighted by Crippen LogP contribution is -2.61. The van der Waals surface area contributed by atoms with Crippen molar-refractivity contribution in [2.75, 3.05) is 13.2 Å². The molecule has 2 bridgehead atoms. The maximum Gasteiger partial charge on any atom is 0.0720 e. The second-order valence-corrected chi connectivity index (χ2v) is 7.17. The molecule has 0 aliphatic carbocycles. The van der Waals surface area contributed by atoms with Crippen LogP contribution in [-0.4, -0.2) is 45.9 Å². The Hall–Kier alpha value is -1.75. The summed E-state index contributed by atoms with van der Waals surface area (Å²) in [7, 11) is 0. The van der Waals surface area contributed by atoms with Crippen LogP contribution in [0.5, 0.6) is 0 Å². The van der Waals surface area contributed by atoms with Gasteiger partial charge in [0.1, 0.15) is 0 Å². The maximum atomic E-state index is 11.2. The van der Waals surface area contributed by atoms with Crippen molar-refractivity contribution in [2.45, 2.75) is 43.5 Å². The van der Waals surface area contributed by atoms with E-state index in [0.717, 1.165) is 24.9 Å². The third kappa shape index (κ3) is 3.36. The molecular formula is C20H24N2O2. The fraction of sp³-hybridized carbons (Fsp3) is 0.450. The molecule has 2 atom stereocenters. The van der Waals surface area contributed by atoms with E-state index in [9.17, 15) is 5.11 Å². The first kappa shape index (κ1) is 15.8. The van der Waals surface area contributed by atoms with Crippen LogP contribution in [0.1, 0.15) is 24.0 Å². The highest BCUT2D eigenvalue weighted by atomic mass is 16.5. The third-order valence-corrected chi connectivity index (χ3v) is 5.25. The Bertz CT molecular complexity index is 648. The summed E-state index contributed by atoms with van der Waals surface area (Å²) >= 11 is 0. The van der Waals surface area contributed by atoms with Crippen LogP contribution in [0.4, 0.5) is 0 Å². The number of rotatable bonds is 4. The molecule has 1 aromatic heterocycles. The molecule has 1 N–H and O–H groups in total. The van der Waals surface area contributed by atoms with Crippen molar-refractivity contribution in [2.24, 2.45) is 0 Å². The molecule has 2 saturated heterocycles. The average molecular weight is 324 g/mol. The molecule has 4 nitrogen and oxygen atoms in total. The van der Waals surface area contributed by atoms with Crippen LogP contribution in [0.25, 0.3) is 0 Å². The zero-order chi connectivity index (χ0) is 16.4. The lowest BCUT2D eigenvalue weighted by molar-refractivity contribution is -0.145. The summed E-state index contributed by atoms with van der Waals surface area (Å²) in [6.07, 6.45) is 5.82. The molecule has 0 saturated carbocycles. The highest BCUT2D eigenvalue weighted by molar-refractivity contribution is 5.17. The van der Waals surface area contributed by atoms with Crippen molar-refractivity contribution in [3.63, 3.8) is 0 Å². The normalized spacial score (nSPS) is 30.2. The fourth-order valence-corrected chi connectivity index (χ4v) is 4.22. The Labute approximate surface area is 143 Å². The van der Waals surface area contributed by atoms with Crippen molar-refractivity contribution >= 4 is 0 Å². The quantitative estimate of drug-likeness (QED) is 0.938. The summed E-state index contributed by atoms with van der Waals surface area (Å²) in [4.78, 5) is 6.70. The Balaban J connectivity index is 1.50. The Morgan fingerprint density at radius 2 is 1.75 bits per heavy atom. The summed E-state index contributed by atoms with van der Waals surface area (Å²) < 4.78 is 5.78. The zero-order valence-electron chi connectivity index (χ0n) is 13.8. The number of hydrogen-bond donors (Lipinski definition) is 1. The van der Waals surface area contributed by atoms with E-state index < -0.39 is 5.60 Å². The van der Waals surface area contributed by atoms with Crippen LogP contribution in [0.3, 0.4) is 0 Å². The molecule has 0 radical (unpaired) electrons. The molecule has 3 heterocycles. The zero-order valence-corrected chi connectivity index (χ0v) is 13.8. The second kappa shape index (κ2) is 6.63. The van der Waals surface area contributed by atoms with E-state index in [-0.39, 0.29) is 12.1 Å². The lowest BCUT2D eigenvalue weighted by atomic mass is 9.77. The predicted octanol–water partition coefficient (Wildman–Crippen LogP) is 2.42. The van der Waals surface area contributed by atoms with Gasteiger partial charge in [0.15, 0.2) is 0 Å². The van der Waals surface area contributed by atoms with Gasteiger partial charge in [-0.25, -0.2) is 0 Å². The first-order valence-corrected chi connectivity index (χ1v) is 8.71. The van der Waals surface area contributed by atoms with E-state index in [0.29, 0.717) is 19.6 Å². The number of aromatic nitrogens is 1. The Morgan fingerprint density at radius 1 is 1.04 bits per heavy atom. The van der Waals surface area contributed by atoms with E-state index in [4.69, 9.17) is 4.74 Å². The van der Waals surface area contributed by atoms with Gasteiger partial charge in [-0.05, 0) is 30.0 Å². The standard InChI is InChI=1S/C20H24N2O2/c23-20(9-17-7-4-8-21-12-17)10-18-14-24-15-19(11-20)22(18)13-16-5-2-1-3-6-16/h1-8,12,18-19,23H,9-11,13-15H2. The molecule has 4 heteroatoms. The van der Waals surface area contributed by atoms with Gasteiger partial charge in [-0.3, -0.25) is 9.88 Å². The van der Waals surface area contributed by atoms with Gasteiger partial charge in [-0.15, -0.1) is 0 Å².